The number of rotatable bonds is 6. The Bertz CT molecular complexity index is 398. The fourth-order valence-corrected chi connectivity index (χ4v) is 2.99. The van der Waals surface area contributed by atoms with Crippen LogP contribution in [0, 0.1) is 5.92 Å². The van der Waals surface area contributed by atoms with E-state index >= 15 is 0 Å². The van der Waals surface area contributed by atoms with Crippen LogP contribution in [0.4, 0.5) is 0 Å². The lowest BCUT2D eigenvalue weighted by Gasteiger charge is -2.29. The van der Waals surface area contributed by atoms with E-state index < -0.39 is 0 Å². The number of hydrogen-bond donors (Lipinski definition) is 2. The van der Waals surface area contributed by atoms with Gasteiger partial charge in [0.25, 0.3) is 0 Å². The number of nitrogens with one attached hydrogen (secondary N) is 1. The summed E-state index contributed by atoms with van der Waals surface area (Å²) in [6.07, 6.45) is 6.92. The van der Waals surface area contributed by atoms with Gasteiger partial charge in [-0.25, -0.2) is 0 Å². The van der Waals surface area contributed by atoms with Gasteiger partial charge < -0.3 is 0 Å². The molecule has 1 fully saturated rings. The zero-order chi connectivity index (χ0) is 13.1. The maximum Gasteiger partial charge on any atom is 0.0850 e. The average molecular weight is 271 g/mol. The van der Waals surface area contributed by atoms with Gasteiger partial charge in [0, 0.05) is 19.5 Å². The Morgan fingerprint density at radius 3 is 2.72 bits per heavy atom. The number of hydrogen-bond acceptors (Lipinski definition) is 3. The van der Waals surface area contributed by atoms with Crippen LogP contribution in [0.25, 0.3) is 0 Å². The fraction of sp³-hybridized carbons (Fsp3) is 0.769. The standard InChI is InChI=1S/C13H23ClN4/c1-3-11-13(14)12(18(2)17-11)8-10(16-15)7-9-5-4-6-9/h9-10,16H,3-8,15H2,1-2H3. The monoisotopic (exact) mass is 270 g/mol. The van der Waals surface area contributed by atoms with Gasteiger partial charge in [0.15, 0.2) is 0 Å². The Morgan fingerprint density at radius 2 is 2.28 bits per heavy atom. The third-order valence-electron chi connectivity index (χ3n) is 4.02. The first-order valence-corrected chi connectivity index (χ1v) is 7.19. The van der Waals surface area contributed by atoms with Crippen LogP contribution in [-0.4, -0.2) is 15.8 Å². The van der Waals surface area contributed by atoms with Crippen LogP contribution in [0.3, 0.4) is 0 Å². The maximum absolute atomic E-state index is 6.36. The van der Waals surface area contributed by atoms with Crippen LogP contribution in [0.15, 0.2) is 0 Å². The topological polar surface area (TPSA) is 55.9 Å². The number of hydrazine groups is 1. The molecule has 0 aliphatic heterocycles. The predicted molar refractivity (Wildman–Crippen MR) is 74.4 cm³/mol. The van der Waals surface area contributed by atoms with Crippen molar-refractivity contribution in [1.29, 1.82) is 0 Å². The Kier molecular flexibility index (Phi) is 4.65. The van der Waals surface area contributed by atoms with Crippen molar-refractivity contribution in [3.8, 4) is 0 Å². The highest BCUT2D eigenvalue weighted by molar-refractivity contribution is 6.31. The van der Waals surface area contributed by atoms with Crippen molar-refractivity contribution in [2.75, 3.05) is 0 Å². The molecule has 0 saturated heterocycles. The predicted octanol–water partition coefficient (Wildman–Crippen LogP) is 2.20. The van der Waals surface area contributed by atoms with Crippen LogP contribution in [-0.2, 0) is 19.9 Å². The van der Waals surface area contributed by atoms with E-state index in [9.17, 15) is 0 Å². The zero-order valence-electron chi connectivity index (χ0n) is 11.2. The molecule has 1 aromatic rings. The molecule has 1 aromatic heterocycles. The lowest BCUT2D eigenvalue weighted by atomic mass is 9.80. The summed E-state index contributed by atoms with van der Waals surface area (Å²) in [5.74, 6) is 6.50. The molecule has 1 aliphatic rings. The highest BCUT2D eigenvalue weighted by atomic mass is 35.5. The van der Waals surface area contributed by atoms with Gasteiger partial charge in [-0.1, -0.05) is 37.8 Å². The van der Waals surface area contributed by atoms with E-state index in [0.717, 1.165) is 41.6 Å². The molecular formula is C13H23ClN4. The van der Waals surface area contributed by atoms with Gasteiger partial charge in [0.1, 0.15) is 0 Å². The van der Waals surface area contributed by atoms with Crippen LogP contribution in [0.5, 0.6) is 0 Å². The van der Waals surface area contributed by atoms with Gasteiger partial charge in [-0.2, -0.15) is 5.10 Å². The van der Waals surface area contributed by atoms with Crippen molar-refractivity contribution in [3.05, 3.63) is 16.4 Å². The van der Waals surface area contributed by atoms with Crippen molar-refractivity contribution in [3.63, 3.8) is 0 Å². The van der Waals surface area contributed by atoms with Gasteiger partial charge in [0.05, 0.1) is 16.4 Å². The van der Waals surface area contributed by atoms with E-state index in [-0.39, 0.29) is 0 Å². The molecule has 18 heavy (non-hydrogen) atoms. The summed E-state index contributed by atoms with van der Waals surface area (Å²) in [6, 6.07) is 0.299. The van der Waals surface area contributed by atoms with E-state index in [1.54, 1.807) is 0 Å². The molecule has 5 heteroatoms. The second-order valence-corrected chi connectivity index (χ2v) is 5.66. The maximum atomic E-state index is 6.36. The number of nitrogens with zero attached hydrogens (tertiary/aromatic N) is 2. The first kappa shape index (κ1) is 13.8. The lowest BCUT2D eigenvalue weighted by molar-refractivity contribution is 0.258. The van der Waals surface area contributed by atoms with Gasteiger partial charge in [-0.15, -0.1) is 0 Å². The molecule has 0 spiro atoms. The van der Waals surface area contributed by atoms with Crippen molar-refractivity contribution in [2.24, 2.45) is 18.8 Å². The summed E-state index contributed by atoms with van der Waals surface area (Å²) in [6.45, 7) is 2.07. The lowest BCUT2D eigenvalue weighted by Crippen LogP contribution is -2.39. The Balaban J connectivity index is 2.03. The van der Waals surface area contributed by atoms with Gasteiger partial charge in [-0.05, 0) is 18.8 Å². The van der Waals surface area contributed by atoms with Crippen molar-refractivity contribution in [2.45, 2.75) is 51.5 Å². The summed E-state index contributed by atoms with van der Waals surface area (Å²) in [7, 11) is 1.96. The minimum absolute atomic E-state index is 0.299. The van der Waals surface area contributed by atoms with Crippen molar-refractivity contribution < 1.29 is 0 Å². The van der Waals surface area contributed by atoms with Crippen molar-refractivity contribution in [1.82, 2.24) is 15.2 Å². The Labute approximate surface area is 114 Å². The van der Waals surface area contributed by atoms with Gasteiger partial charge in [0.2, 0.25) is 0 Å². The zero-order valence-corrected chi connectivity index (χ0v) is 12.0. The van der Waals surface area contributed by atoms with Gasteiger partial charge >= 0.3 is 0 Å². The summed E-state index contributed by atoms with van der Waals surface area (Å²) in [4.78, 5) is 0. The second-order valence-electron chi connectivity index (χ2n) is 5.28. The van der Waals surface area contributed by atoms with E-state index in [2.05, 4.69) is 17.4 Å². The first-order chi connectivity index (χ1) is 8.65. The molecule has 0 bridgehead atoms. The Hall–Kier alpha value is -0.580. The van der Waals surface area contributed by atoms with E-state index in [4.69, 9.17) is 17.4 Å². The highest BCUT2D eigenvalue weighted by Crippen LogP contribution is 2.31. The van der Waals surface area contributed by atoms with E-state index in [1.165, 1.54) is 19.3 Å². The smallest absolute Gasteiger partial charge is 0.0850 e. The van der Waals surface area contributed by atoms with Crippen LogP contribution < -0.4 is 11.3 Å². The molecular weight excluding hydrogens is 248 g/mol. The van der Waals surface area contributed by atoms with Crippen LogP contribution in [0.1, 0.15) is 44.0 Å². The van der Waals surface area contributed by atoms with E-state index in [1.807, 2.05) is 11.7 Å². The number of aryl methyl sites for hydroxylation is 2. The third kappa shape index (κ3) is 2.87. The van der Waals surface area contributed by atoms with Crippen molar-refractivity contribution >= 4 is 11.6 Å². The summed E-state index contributed by atoms with van der Waals surface area (Å²) in [5, 5.41) is 5.26. The normalized spacial score (nSPS) is 17.8. The molecule has 0 aromatic carbocycles. The summed E-state index contributed by atoms with van der Waals surface area (Å²) in [5.41, 5.74) is 5.01. The minimum atomic E-state index is 0.299. The summed E-state index contributed by atoms with van der Waals surface area (Å²) >= 11 is 6.36. The largest absolute Gasteiger partial charge is 0.271 e. The van der Waals surface area contributed by atoms with Crippen LogP contribution in [0.2, 0.25) is 5.02 Å². The third-order valence-corrected chi connectivity index (χ3v) is 4.46. The minimum Gasteiger partial charge on any atom is -0.271 e. The molecule has 1 saturated carbocycles. The SMILES string of the molecule is CCc1nn(C)c(CC(CC2CCC2)NN)c1Cl. The second kappa shape index (κ2) is 6.04. The molecule has 102 valence electrons. The molecule has 1 unspecified atom stereocenters. The van der Waals surface area contributed by atoms with Crippen LogP contribution >= 0.6 is 11.6 Å². The molecule has 1 atom stereocenters. The number of nitrogens with two attached hydrogens (primary N) is 1. The highest BCUT2D eigenvalue weighted by Gasteiger charge is 2.24. The molecule has 0 radical (unpaired) electrons. The molecule has 0 amide bonds. The molecule has 1 aliphatic carbocycles. The van der Waals surface area contributed by atoms with E-state index in [0.29, 0.717) is 6.04 Å². The quantitative estimate of drug-likeness (QED) is 0.616. The number of halogens is 1. The molecule has 1 heterocycles. The Morgan fingerprint density at radius 1 is 1.56 bits per heavy atom. The molecule has 3 N–H and O–H groups in total. The fourth-order valence-electron chi connectivity index (χ4n) is 2.62. The molecule has 2 rings (SSSR count). The summed E-state index contributed by atoms with van der Waals surface area (Å²) < 4.78 is 1.90. The number of aromatic nitrogens is 2. The van der Waals surface area contributed by atoms with Gasteiger partial charge in [-0.3, -0.25) is 16.0 Å². The molecule has 4 nitrogen and oxygen atoms in total. The average Bonchev–Trinajstić information content (AvgIpc) is 2.58. The first-order valence-electron chi connectivity index (χ1n) is 6.82.